The average Bonchev–Trinajstić information content (AvgIpc) is 2.02. The number of hydrogen-bond donors (Lipinski definition) is 0. The Hall–Kier alpha value is 0.0300. The molecule has 1 aromatic rings. The van der Waals surface area contributed by atoms with Crippen molar-refractivity contribution in [1.29, 1.82) is 0 Å². The minimum Gasteiger partial charge on any atom is -0.166 e. The van der Waals surface area contributed by atoms with Gasteiger partial charge in [-0.2, -0.15) is 13.2 Å². The minimum absolute atomic E-state index is 0.0994. The summed E-state index contributed by atoms with van der Waals surface area (Å²) in [5.74, 6) is 0.0994. The quantitative estimate of drug-likeness (QED) is 0.541. The van der Waals surface area contributed by atoms with Crippen LogP contribution in [0.4, 0.5) is 13.2 Å². The third kappa shape index (κ3) is 2.49. The van der Waals surface area contributed by atoms with Crippen LogP contribution in [-0.2, 0) is 12.1 Å². The third-order valence-electron chi connectivity index (χ3n) is 1.53. The topological polar surface area (TPSA) is 0 Å². The van der Waals surface area contributed by atoms with Crippen LogP contribution < -0.4 is 0 Å². The van der Waals surface area contributed by atoms with Crippen molar-refractivity contribution in [2.24, 2.45) is 0 Å². The summed E-state index contributed by atoms with van der Waals surface area (Å²) in [6.07, 6.45) is -4.29. The second-order valence-electron chi connectivity index (χ2n) is 2.41. The predicted octanol–water partition coefficient (Wildman–Crippen LogP) is 4.05. The van der Waals surface area contributed by atoms with Crippen molar-refractivity contribution in [1.82, 2.24) is 0 Å². The Bertz CT molecular complexity index is 309. The summed E-state index contributed by atoms with van der Waals surface area (Å²) >= 11 is 7.14. The van der Waals surface area contributed by atoms with Crippen molar-refractivity contribution in [3.63, 3.8) is 0 Å². The summed E-state index contributed by atoms with van der Waals surface area (Å²) in [5, 5.41) is 0. The third-order valence-corrected chi connectivity index (χ3v) is 3.09. The van der Waals surface area contributed by atoms with E-state index in [1.54, 1.807) is 28.7 Å². The smallest absolute Gasteiger partial charge is 0.166 e. The molecule has 0 aliphatic heterocycles. The zero-order chi connectivity index (χ0) is 10.1. The van der Waals surface area contributed by atoms with Gasteiger partial charge >= 0.3 is 6.18 Å². The van der Waals surface area contributed by atoms with Crippen LogP contribution in [0.5, 0.6) is 0 Å². The second kappa shape index (κ2) is 4.04. The van der Waals surface area contributed by atoms with E-state index in [4.69, 9.17) is 11.6 Å². The lowest BCUT2D eigenvalue weighted by molar-refractivity contribution is -0.138. The highest BCUT2D eigenvalue weighted by Gasteiger charge is 2.33. The van der Waals surface area contributed by atoms with Crippen molar-refractivity contribution in [3.8, 4) is 0 Å². The molecule has 0 fully saturated rings. The normalized spacial score (nSPS) is 11.8. The van der Waals surface area contributed by atoms with E-state index in [9.17, 15) is 13.2 Å². The molecule has 13 heavy (non-hydrogen) atoms. The maximum Gasteiger partial charge on any atom is 0.417 e. The molecule has 0 nitrogen and oxygen atoms in total. The lowest BCUT2D eigenvalue weighted by atomic mass is 10.1. The van der Waals surface area contributed by atoms with Gasteiger partial charge in [0.2, 0.25) is 0 Å². The van der Waals surface area contributed by atoms with Crippen LogP contribution in [-0.4, -0.2) is 0 Å². The van der Waals surface area contributed by atoms with Gasteiger partial charge in [0.1, 0.15) is 0 Å². The molecule has 0 radical (unpaired) electrons. The van der Waals surface area contributed by atoms with Gasteiger partial charge in [-0.15, -0.1) is 11.6 Å². The number of rotatable bonds is 1. The molecular weight excluding hydrogens is 315 g/mol. The number of hydrogen-bond acceptors (Lipinski definition) is 0. The van der Waals surface area contributed by atoms with Crippen LogP contribution in [0.25, 0.3) is 0 Å². The fourth-order valence-electron chi connectivity index (χ4n) is 0.902. The van der Waals surface area contributed by atoms with Crippen molar-refractivity contribution in [3.05, 3.63) is 32.9 Å². The van der Waals surface area contributed by atoms with Crippen LogP contribution in [0.1, 0.15) is 11.1 Å². The molecule has 0 saturated heterocycles. The van der Waals surface area contributed by atoms with E-state index in [-0.39, 0.29) is 9.45 Å². The van der Waals surface area contributed by atoms with E-state index in [1.165, 1.54) is 6.07 Å². The molecule has 1 aromatic carbocycles. The van der Waals surface area contributed by atoms with Gasteiger partial charge in [-0.3, -0.25) is 0 Å². The van der Waals surface area contributed by atoms with Crippen molar-refractivity contribution in [2.75, 3.05) is 0 Å². The Labute approximate surface area is 92.2 Å². The second-order valence-corrected chi connectivity index (χ2v) is 3.76. The molecule has 0 aliphatic rings. The summed E-state index contributed by atoms with van der Waals surface area (Å²) in [7, 11) is 0. The Morgan fingerprint density at radius 3 is 2.38 bits per heavy atom. The SMILES string of the molecule is FC(F)(F)c1cccc(CCl)c1I. The average molecular weight is 320 g/mol. The van der Waals surface area contributed by atoms with Crippen molar-refractivity contribution < 1.29 is 13.2 Å². The highest BCUT2D eigenvalue weighted by molar-refractivity contribution is 14.1. The first kappa shape index (κ1) is 11.1. The zero-order valence-electron chi connectivity index (χ0n) is 6.33. The predicted molar refractivity (Wildman–Crippen MR) is 53.7 cm³/mol. The zero-order valence-corrected chi connectivity index (χ0v) is 9.24. The molecular formula is C8H5ClF3I. The lowest BCUT2D eigenvalue weighted by Gasteiger charge is -2.10. The molecule has 0 bridgehead atoms. The Morgan fingerprint density at radius 2 is 1.92 bits per heavy atom. The van der Waals surface area contributed by atoms with Gasteiger partial charge in [0.15, 0.2) is 0 Å². The van der Waals surface area contributed by atoms with E-state index < -0.39 is 11.7 Å². The van der Waals surface area contributed by atoms with E-state index in [0.29, 0.717) is 5.56 Å². The van der Waals surface area contributed by atoms with Crippen LogP contribution in [0, 0.1) is 3.57 Å². The van der Waals surface area contributed by atoms with Gasteiger partial charge in [0, 0.05) is 9.45 Å². The van der Waals surface area contributed by atoms with Crippen LogP contribution in [0.15, 0.2) is 18.2 Å². The number of alkyl halides is 4. The largest absolute Gasteiger partial charge is 0.417 e. The minimum atomic E-state index is -4.29. The molecule has 0 aliphatic carbocycles. The molecule has 5 heteroatoms. The number of halogens is 5. The lowest BCUT2D eigenvalue weighted by Crippen LogP contribution is -2.08. The van der Waals surface area contributed by atoms with Crippen molar-refractivity contribution >= 4 is 34.2 Å². The van der Waals surface area contributed by atoms with Gasteiger partial charge in [0.25, 0.3) is 0 Å². The van der Waals surface area contributed by atoms with Crippen LogP contribution in [0.3, 0.4) is 0 Å². The first-order valence-corrected chi connectivity index (χ1v) is 4.98. The molecule has 0 heterocycles. The molecule has 0 atom stereocenters. The molecule has 72 valence electrons. The van der Waals surface area contributed by atoms with Crippen LogP contribution in [0.2, 0.25) is 0 Å². The maximum absolute atomic E-state index is 12.3. The highest BCUT2D eigenvalue weighted by Crippen LogP contribution is 2.34. The molecule has 0 unspecified atom stereocenters. The van der Waals surface area contributed by atoms with E-state index in [0.717, 1.165) is 6.07 Å². The molecule has 0 saturated carbocycles. The molecule has 0 aromatic heterocycles. The first-order chi connectivity index (χ1) is 5.96. The first-order valence-electron chi connectivity index (χ1n) is 3.37. The van der Waals surface area contributed by atoms with E-state index in [1.807, 2.05) is 0 Å². The monoisotopic (exact) mass is 320 g/mol. The molecule has 0 amide bonds. The van der Waals surface area contributed by atoms with Gasteiger partial charge in [-0.25, -0.2) is 0 Å². The summed E-state index contributed by atoms with van der Waals surface area (Å²) in [6.45, 7) is 0. The van der Waals surface area contributed by atoms with Gasteiger partial charge in [-0.05, 0) is 34.2 Å². The summed E-state index contributed by atoms with van der Waals surface area (Å²) in [6, 6.07) is 4.00. The molecule has 0 N–H and O–H groups in total. The summed E-state index contributed by atoms with van der Waals surface area (Å²) in [4.78, 5) is 0. The van der Waals surface area contributed by atoms with Crippen LogP contribution >= 0.6 is 34.2 Å². The fourth-order valence-corrected chi connectivity index (χ4v) is 2.21. The van der Waals surface area contributed by atoms with E-state index >= 15 is 0 Å². The van der Waals surface area contributed by atoms with Gasteiger partial charge in [-0.1, -0.05) is 12.1 Å². The molecule has 0 spiro atoms. The summed E-state index contributed by atoms with van der Waals surface area (Å²) < 4.78 is 37.1. The van der Waals surface area contributed by atoms with Crippen molar-refractivity contribution in [2.45, 2.75) is 12.1 Å². The fraction of sp³-hybridized carbons (Fsp3) is 0.250. The highest BCUT2D eigenvalue weighted by atomic mass is 127. The standard InChI is InChI=1S/C8H5ClF3I/c9-4-5-2-1-3-6(7(5)13)8(10,11)12/h1-3H,4H2. The van der Waals surface area contributed by atoms with E-state index in [2.05, 4.69) is 0 Å². The Morgan fingerprint density at radius 1 is 1.31 bits per heavy atom. The molecule has 1 rings (SSSR count). The Kier molecular flexibility index (Phi) is 3.45. The van der Waals surface area contributed by atoms with Gasteiger partial charge in [0.05, 0.1) is 5.56 Å². The number of benzene rings is 1. The Balaban J connectivity index is 3.24. The summed E-state index contributed by atoms with van der Waals surface area (Å²) in [5.41, 5.74) is -0.108. The van der Waals surface area contributed by atoms with Gasteiger partial charge < -0.3 is 0 Å². The maximum atomic E-state index is 12.3.